The van der Waals surface area contributed by atoms with Crippen molar-refractivity contribution in [2.75, 3.05) is 7.11 Å². The number of carbonyl (C=O) groups excluding carboxylic acids is 1. The Labute approximate surface area is 144 Å². The molecule has 1 saturated carbocycles. The van der Waals surface area contributed by atoms with Gasteiger partial charge in [-0.15, -0.1) is 0 Å². The third kappa shape index (κ3) is 4.87. The van der Waals surface area contributed by atoms with E-state index in [4.69, 9.17) is 15.2 Å². The van der Waals surface area contributed by atoms with Crippen molar-refractivity contribution < 1.29 is 14.3 Å². The van der Waals surface area contributed by atoms with Gasteiger partial charge >= 0.3 is 0 Å². The molecule has 1 fully saturated rings. The van der Waals surface area contributed by atoms with E-state index >= 15 is 0 Å². The summed E-state index contributed by atoms with van der Waals surface area (Å²) < 4.78 is 11.5. The van der Waals surface area contributed by atoms with Crippen molar-refractivity contribution in [3.63, 3.8) is 0 Å². The topological polar surface area (TPSA) is 73.6 Å². The Balaban J connectivity index is 1.98. The lowest BCUT2D eigenvalue weighted by Crippen LogP contribution is -2.44. The quantitative estimate of drug-likeness (QED) is 0.766. The van der Waals surface area contributed by atoms with Crippen molar-refractivity contribution in [3.8, 4) is 11.5 Å². The van der Waals surface area contributed by atoms with Gasteiger partial charge in [0.05, 0.1) is 19.3 Å². The van der Waals surface area contributed by atoms with Gasteiger partial charge in [-0.3, -0.25) is 4.79 Å². The standard InChI is InChI=1S/C19H30N2O3/c1-4-13(2)18(20)19(22)21-12-14-9-10-16(23-3)17(11-14)24-15-7-5-6-8-15/h9-11,13,15,18H,4-8,12,20H2,1-3H3,(H,21,22). The minimum atomic E-state index is -0.470. The highest BCUT2D eigenvalue weighted by atomic mass is 16.5. The Hall–Kier alpha value is -1.75. The van der Waals surface area contributed by atoms with E-state index in [-0.39, 0.29) is 17.9 Å². The molecular formula is C19H30N2O3. The third-order valence-electron chi connectivity index (χ3n) is 4.85. The fourth-order valence-corrected chi connectivity index (χ4v) is 2.93. The maximum Gasteiger partial charge on any atom is 0.237 e. The molecule has 134 valence electrons. The minimum Gasteiger partial charge on any atom is -0.493 e. The molecule has 1 aromatic carbocycles. The van der Waals surface area contributed by atoms with Crippen LogP contribution in [0.2, 0.25) is 0 Å². The predicted octanol–water partition coefficient (Wildman–Crippen LogP) is 3.01. The molecule has 1 aromatic rings. The van der Waals surface area contributed by atoms with Crippen molar-refractivity contribution >= 4 is 5.91 Å². The van der Waals surface area contributed by atoms with Crippen LogP contribution in [0.3, 0.4) is 0 Å². The van der Waals surface area contributed by atoms with Crippen molar-refractivity contribution in [3.05, 3.63) is 23.8 Å². The molecule has 1 aliphatic rings. The SMILES string of the molecule is CCC(C)C(N)C(=O)NCc1ccc(OC)c(OC2CCCC2)c1. The Bertz CT molecular complexity index is 541. The fraction of sp³-hybridized carbons (Fsp3) is 0.632. The van der Waals surface area contributed by atoms with Gasteiger partial charge in [0.1, 0.15) is 0 Å². The molecule has 5 nitrogen and oxygen atoms in total. The first-order valence-corrected chi connectivity index (χ1v) is 8.92. The second-order valence-electron chi connectivity index (χ2n) is 6.64. The number of rotatable bonds is 8. The highest BCUT2D eigenvalue weighted by Crippen LogP contribution is 2.32. The maximum atomic E-state index is 12.1. The number of amides is 1. The van der Waals surface area contributed by atoms with Gasteiger partial charge in [-0.05, 0) is 49.3 Å². The lowest BCUT2D eigenvalue weighted by atomic mass is 9.99. The summed E-state index contributed by atoms with van der Waals surface area (Å²) in [5, 5.41) is 2.91. The normalized spacial score (nSPS) is 17.3. The van der Waals surface area contributed by atoms with Gasteiger partial charge in [-0.25, -0.2) is 0 Å². The van der Waals surface area contributed by atoms with E-state index in [0.717, 1.165) is 36.3 Å². The van der Waals surface area contributed by atoms with E-state index in [1.165, 1.54) is 12.8 Å². The van der Waals surface area contributed by atoms with Gasteiger partial charge in [0.15, 0.2) is 11.5 Å². The van der Waals surface area contributed by atoms with E-state index in [9.17, 15) is 4.79 Å². The first kappa shape index (κ1) is 18.6. The molecule has 0 aromatic heterocycles. The van der Waals surface area contributed by atoms with E-state index < -0.39 is 6.04 Å². The van der Waals surface area contributed by atoms with E-state index in [1.807, 2.05) is 32.0 Å². The summed E-state index contributed by atoms with van der Waals surface area (Å²) in [6.45, 7) is 4.47. The minimum absolute atomic E-state index is 0.113. The molecule has 2 rings (SSSR count). The first-order chi connectivity index (χ1) is 11.5. The van der Waals surface area contributed by atoms with Gasteiger partial charge in [-0.1, -0.05) is 26.3 Å². The lowest BCUT2D eigenvalue weighted by molar-refractivity contribution is -0.123. The van der Waals surface area contributed by atoms with Crippen LogP contribution in [-0.2, 0) is 11.3 Å². The average molecular weight is 334 g/mol. The third-order valence-corrected chi connectivity index (χ3v) is 4.85. The second-order valence-corrected chi connectivity index (χ2v) is 6.64. The fourth-order valence-electron chi connectivity index (χ4n) is 2.93. The highest BCUT2D eigenvalue weighted by Gasteiger charge is 2.20. The van der Waals surface area contributed by atoms with Crippen molar-refractivity contribution in [1.29, 1.82) is 0 Å². The molecule has 0 radical (unpaired) electrons. The summed E-state index contributed by atoms with van der Waals surface area (Å²) in [6.07, 6.45) is 5.77. The van der Waals surface area contributed by atoms with Crippen LogP contribution in [0.25, 0.3) is 0 Å². The van der Waals surface area contributed by atoms with Crippen LogP contribution in [0.5, 0.6) is 11.5 Å². The Morgan fingerprint density at radius 1 is 1.33 bits per heavy atom. The van der Waals surface area contributed by atoms with Gasteiger partial charge < -0.3 is 20.5 Å². The molecular weight excluding hydrogens is 304 g/mol. The van der Waals surface area contributed by atoms with E-state index in [2.05, 4.69) is 5.32 Å². The van der Waals surface area contributed by atoms with Crippen molar-refractivity contribution in [2.24, 2.45) is 11.7 Å². The Morgan fingerprint density at radius 2 is 2.04 bits per heavy atom. The number of hydrogen-bond acceptors (Lipinski definition) is 4. The second kappa shape index (κ2) is 8.92. The molecule has 0 saturated heterocycles. The van der Waals surface area contributed by atoms with Crippen LogP contribution in [0.1, 0.15) is 51.5 Å². The van der Waals surface area contributed by atoms with Crippen LogP contribution < -0.4 is 20.5 Å². The molecule has 0 aliphatic heterocycles. The zero-order valence-electron chi connectivity index (χ0n) is 15.0. The van der Waals surface area contributed by atoms with Crippen LogP contribution in [0, 0.1) is 5.92 Å². The smallest absolute Gasteiger partial charge is 0.237 e. The van der Waals surface area contributed by atoms with Crippen LogP contribution in [0.15, 0.2) is 18.2 Å². The molecule has 1 amide bonds. The summed E-state index contributed by atoms with van der Waals surface area (Å²) >= 11 is 0. The number of ether oxygens (including phenoxy) is 2. The van der Waals surface area contributed by atoms with E-state index in [1.54, 1.807) is 7.11 Å². The van der Waals surface area contributed by atoms with Gasteiger partial charge in [0.25, 0.3) is 0 Å². The summed E-state index contributed by atoms with van der Waals surface area (Å²) in [6, 6.07) is 5.31. The van der Waals surface area contributed by atoms with E-state index in [0.29, 0.717) is 6.54 Å². The largest absolute Gasteiger partial charge is 0.493 e. The molecule has 24 heavy (non-hydrogen) atoms. The average Bonchev–Trinajstić information content (AvgIpc) is 3.11. The molecule has 5 heteroatoms. The molecule has 2 atom stereocenters. The molecule has 1 aliphatic carbocycles. The Morgan fingerprint density at radius 3 is 2.67 bits per heavy atom. The molecule has 2 unspecified atom stereocenters. The highest BCUT2D eigenvalue weighted by molar-refractivity contribution is 5.81. The summed E-state index contributed by atoms with van der Waals surface area (Å²) in [5.41, 5.74) is 6.94. The predicted molar refractivity (Wildman–Crippen MR) is 95.2 cm³/mol. The summed E-state index contributed by atoms with van der Waals surface area (Å²) in [7, 11) is 1.64. The summed E-state index contributed by atoms with van der Waals surface area (Å²) in [5.74, 6) is 1.54. The van der Waals surface area contributed by atoms with Gasteiger partial charge in [0, 0.05) is 6.54 Å². The zero-order valence-corrected chi connectivity index (χ0v) is 15.0. The van der Waals surface area contributed by atoms with Crippen LogP contribution in [-0.4, -0.2) is 25.2 Å². The van der Waals surface area contributed by atoms with Gasteiger partial charge in [-0.2, -0.15) is 0 Å². The zero-order chi connectivity index (χ0) is 17.5. The molecule has 0 bridgehead atoms. The molecule has 0 heterocycles. The monoisotopic (exact) mass is 334 g/mol. The summed E-state index contributed by atoms with van der Waals surface area (Å²) in [4.78, 5) is 12.1. The number of benzene rings is 1. The van der Waals surface area contributed by atoms with Crippen molar-refractivity contribution in [1.82, 2.24) is 5.32 Å². The number of nitrogens with one attached hydrogen (secondary N) is 1. The number of methoxy groups -OCH3 is 1. The van der Waals surface area contributed by atoms with Crippen LogP contribution in [0.4, 0.5) is 0 Å². The lowest BCUT2D eigenvalue weighted by Gasteiger charge is -2.19. The molecule has 0 spiro atoms. The van der Waals surface area contributed by atoms with Crippen molar-refractivity contribution in [2.45, 2.75) is 64.6 Å². The number of carbonyl (C=O) groups is 1. The number of nitrogens with two attached hydrogens (primary N) is 1. The number of hydrogen-bond donors (Lipinski definition) is 2. The van der Waals surface area contributed by atoms with Crippen LogP contribution >= 0.6 is 0 Å². The Kier molecular flexibility index (Phi) is 6.91. The van der Waals surface area contributed by atoms with Gasteiger partial charge in [0.2, 0.25) is 5.91 Å². The molecule has 3 N–H and O–H groups in total. The maximum absolute atomic E-state index is 12.1. The first-order valence-electron chi connectivity index (χ1n) is 8.92.